The van der Waals surface area contributed by atoms with Crippen molar-refractivity contribution in [3.05, 3.63) is 36.5 Å². The summed E-state index contributed by atoms with van der Waals surface area (Å²) in [6, 6.07) is 6.45. The van der Waals surface area contributed by atoms with Crippen LogP contribution in [0, 0.1) is 5.95 Å². The maximum atomic E-state index is 12.9. The monoisotopic (exact) mass is 249 g/mol. The van der Waals surface area contributed by atoms with Gasteiger partial charge >= 0.3 is 0 Å². The highest BCUT2D eigenvalue weighted by Crippen LogP contribution is 2.30. The third kappa shape index (κ3) is 2.65. The average Bonchev–Trinajstić information content (AvgIpc) is 2.39. The van der Waals surface area contributed by atoms with Gasteiger partial charge in [-0.25, -0.2) is 9.97 Å². The third-order valence-corrected chi connectivity index (χ3v) is 2.31. The van der Waals surface area contributed by atoms with Crippen LogP contribution in [-0.4, -0.2) is 24.2 Å². The maximum absolute atomic E-state index is 12.9. The number of hydrogen-bond donors (Lipinski definition) is 1. The summed E-state index contributed by atoms with van der Waals surface area (Å²) in [5.41, 5.74) is 0.663. The fraction of sp³-hybridized carbons (Fsp3) is 0.167. The van der Waals surface area contributed by atoms with Crippen molar-refractivity contribution < 1.29 is 13.9 Å². The summed E-state index contributed by atoms with van der Waals surface area (Å²) < 4.78 is 23.2. The fourth-order valence-electron chi connectivity index (χ4n) is 1.44. The first-order valence-corrected chi connectivity index (χ1v) is 5.19. The Morgan fingerprint density at radius 3 is 2.61 bits per heavy atom. The molecular formula is C12H12FN3O2. The van der Waals surface area contributed by atoms with Crippen molar-refractivity contribution in [2.75, 3.05) is 19.5 Å². The first-order chi connectivity index (χ1) is 8.72. The number of methoxy groups -OCH3 is 2. The second-order valence-corrected chi connectivity index (χ2v) is 3.42. The lowest BCUT2D eigenvalue weighted by atomic mass is 10.2. The van der Waals surface area contributed by atoms with Gasteiger partial charge in [-0.1, -0.05) is 0 Å². The van der Waals surface area contributed by atoms with E-state index in [9.17, 15) is 4.39 Å². The second kappa shape index (κ2) is 5.31. The standard InChI is InChI=1S/C12H12FN3O2/c1-17-8-3-4-9(10(5-8)18-2)16-12-6-11(13)14-7-15-12/h3-7H,1-2H3,(H,14,15,16). The predicted octanol–water partition coefficient (Wildman–Crippen LogP) is 2.38. The van der Waals surface area contributed by atoms with Crippen molar-refractivity contribution in [2.45, 2.75) is 0 Å². The van der Waals surface area contributed by atoms with Gasteiger partial charge in [-0.3, -0.25) is 0 Å². The Bertz CT molecular complexity index is 549. The largest absolute Gasteiger partial charge is 0.497 e. The molecule has 0 saturated carbocycles. The van der Waals surface area contributed by atoms with Crippen LogP contribution in [-0.2, 0) is 0 Å². The number of aromatic nitrogens is 2. The minimum absolute atomic E-state index is 0.353. The molecule has 0 bridgehead atoms. The number of halogens is 1. The van der Waals surface area contributed by atoms with E-state index >= 15 is 0 Å². The van der Waals surface area contributed by atoms with Crippen molar-refractivity contribution in [1.82, 2.24) is 9.97 Å². The molecule has 1 aromatic heterocycles. The molecule has 0 fully saturated rings. The molecule has 18 heavy (non-hydrogen) atoms. The van der Waals surface area contributed by atoms with Crippen molar-refractivity contribution >= 4 is 11.5 Å². The van der Waals surface area contributed by atoms with Crippen LogP contribution < -0.4 is 14.8 Å². The molecule has 94 valence electrons. The molecule has 2 aromatic rings. The summed E-state index contributed by atoms with van der Waals surface area (Å²) in [5, 5.41) is 2.94. The molecule has 0 radical (unpaired) electrons. The molecule has 0 amide bonds. The number of anilines is 2. The second-order valence-electron chi connectivity index (χ2n) is 3.42. The van der Waals surface area contributed by atoms with Gasteiger partial charge in [-0.2, -0.15) is 4.39 Å². The van der Waals surface area contributed by atoms with Gasteiger partial charge in [0.1, 0.15) is 23.6 Å². The predicted molar refractivity (Wildman–Crippen MR) is 64.8 cm³/mol. The van der Waals surface area contributed by atoms with Gasteiger partial charge in [-0.05, 0) is 12.1 Å². The summed E-state index contributed by atoms with van der Waals surface area (Å²) in [6.07, 6.45) is 1.15. The van der Waals surface area contributed by atoms with Gasteiger partial charge in [-0.15, -0.1) is 0 Å². The van der Waals surface area contributed by atoms with Crippen LogP contribution in [0.15, 0.2) is 30.6 Å². The van der Waals surface area contributed by atoms with Gasteiger partial charge in [0.15, 0.2) is 0 Å². The van der Waals surface area contributed by atoms with Gasteiger partial charge in [0.2, 0.25) is 5.95 Å². The molecule has 0 spiro atoms. The molecule has 1 aromatic carbocycles. The van der Waals surface area contributed by atoms with Crippen molar-refractivity contribution in [3.63, 3.8) is 0 Å². The van der Waals surface area contributed by atoms with Crippen LogP contribution >= 0.6 is 0 Å². The van der Waals surface area contributed by atoms with Crippen LogP contribution in [0.25, 0.3) is 0 Å². The Labute approximate surface area is 104 Å². The Hall–Kier alpha value is -2.37. The highest BCUT2D eigenvalue weighted by Gasteiger charge is 2.06. The van der Waals surface area contributed by atoms with Crippen LogP contribution in [0.4, 0.5) is 15.9 Å². The van der Waals surface area contributed by atoms with E-state index in [2.05, 4.69) is 15.3 Å². The first-order valence-electron chi connectivity index (χ1n) is 5.19. The minimum atomic E-state index is -0.597. The van der Waals surface area contributed by atoms with Crippen LogP contribution in [0.2, 0.25) is 0 Å². The zero-order valence-electron chi connectivity index (χ0n) is 9.98. The molecule has 1 N–H and O–H groups in total. The molecule has 0 saturated heterocycles. The maximum Gasteiger partial charge on any atom is 0.218 e. The quantitative estimate of drug-likeness (QED) is 0.843. The summed E-state index contributed by atoms with van der Waals surface area (Å²) in [7, 11) is 3.11. The number of rotatable bonds is 4. The van der Waals surface area contributed by atoms with Crippen molar-refractivity contribution in [1.29, 1.82) is 0 Å². The molecule has 5 nitrogen and oxygen atoms in total. The molecule has 0 unspecified atom stereocenters. The Morgan fingerprint density at radius 1 is 1.11 bits per heavy atom. The SMILES string of the molecule is COc1ccc(Nc2cc(F)ncn2)c(OC)c1. The van der Waals surface area contributed by atoms with E-state index in [1.165, 1.54) is 6.07 Å². The molecule has 0 atom stereocenters. The lowest BCUT2D eigenvalue weighted by molar-refractivity contribution is 0.395. The van der Waals surface area contributed by atoms with Crippen molar-refractivity contribution in [3.8, 4) is 11.5 Å². The lowest BCUT2D eigenvalue weighted by Crippen LogP contribution is -1.98. The highest BCUT2D eigenvalue weighted by molar-refractivity contribution is 5.65. The lowest BCUT2D eigenvalue weighted by Gasteiger charge is -2.11. The number of nitrogens with zero attached hydrogens (tertiary/aromatic N) is 2. The van der Waals surface area contributed by atoms with Crippen molar-refractivity contribution in [2.24, 2.45) is 0 Å². The number of ether oxygens (including phenoxy) is 2. The molecule has 0 aliphatic rings. The van der Waals surface area contributed by atoms with E-state index in [1.807, 2.05) is 0 Å². The van der Waals surface area contributed by atoms with Gasteiger partial charge in [0.25, 0.3) is 0 Å². The third-order valence-electron chi connectivity index (χ3n) is 2.31. The van der Waals surface area contributed by atoms with Gasteiger partial charge in [0.05, 0.1) is 19.9 Å². The summed E-state index contributed by atoms with van der Waals surface area (Å²) >= 11 is 0. The Kier molecular flexibility index (Phi) is 3.57. The van der Waals surface area contributed by atoms with E-state index in [0.29, 0.717) is 23.0 Å². The normalized spacial score (nSPS) is 9.94. The summed E-state index contributed by atoms with van der Waals surface area (Å²) in [4.78, 5) is 7.29. The van der Waals surface area contributed by atoms with E-state index in [4.69, 9.17) is 9.47 Å². The Balaban J connectivity index is 2.28. The molecule has 0 aliphatic carbocycles. The topological polar surface area (TPSA) is 56.3 Å². The zero-order chi connectivity index (χ0) is 13.0. The van der Waals surface area contributed by atoms with Crippen LogP contribution in [0.1, 0.15) is 0 Å². The summed E-state index contributed by atoms with van der Waals surface area (Å²) in [5.74, 6) is 1.01. The molecule has 2 rings (SSSR count). The van der Waals surface area contributed by atoms with Gasteiger partial charge in [0, 0.05) is 12.1 Å². The fourth-order valence-corrected chi connectivity index (χ4v) is 1.44. The molecular weight excluding hydrogens is 237 g/mol. The van der Waals surface area contributed by atoms with Crippen LogP contribution in [0.3, 0.4) is 0 Å². The smallest absolute Gasteiger partial charge is 0.218 e. The highest BCUT2D eigenvalue weighted by atomic mass is 19.1. The number of benzene rings is 1. The first kappa shape index (κ1) is 12.1. The minimum Gasteiger partial charge on any atom is -0.497 e. The van der Waals surface area contributed by atoms with E-state index in [-0.39, 0.29) is 0 Å². The Morgan fingerprint density at radius 2 is 1.94 bits per heavy atom. The molecule has 0 aliphatic heterocycles. The summed E-state index contributed by atoms with van der Waals surface area (Å²) in [6.45, 7) is 0. The average molecular weight is 249 g/mol. The van der Waals surface area contributed by atoms with E-state index < -0.39 is 5.95 Å². The van der Waals surface area contributed by atoms with Gasteiger partial charge < -0.3 is 14.8 Å². The molecule has 6 heteroatoms. The number of hydrogen-bond acceptors (Lipinski definition) is 5. The zero-order valence-corrected chi connectivity index (χ0v) is 9.98. The molecule has 1 heterocycles. The van der Waals surface area contributed by atoms with E-state index in [1.54, 1.807) is 32.4 Å². The van der Waals surface area contributed by atoms with Crippen LogP contribution in [0.5, 0.6) is 11.5 Å². The van der Waals surface area contributed by atoms with E-state index in [0.717, 1.165) is 6.33 Å². The number of nitrogens with one attached hydrogen (secondary N) is 1.